The minimum Gasteiger partial charge on any atom is -0.418 e. The van der Waals surface area contributed by atoms with Crippen LogP contribution in [0.15, 0.2) is 12.1 Å². The number of benzene rings is 1. The van der Waals surface area contributed by atoms with Gasteiger partial charge in [-0.25, -0.2) is 0 Å². The van der Waals surface area contributed by atoms with Gasteiger partial charge < -0.3 is 17.3 Å². The van der Waals surface area contributed by atoms with E-state index in [4.69, 9.17) is 5.39 Å². The second kappa shape index (κ2) is 5.95. The summed E-state index contributed by atoms with van der Waals surface area (Å²) in [6.45, 7) is 3.41. The molecule has 0 fully saturated rings. The van der Waals surface area contributed by atoms with Crippen LogP contribution in [-0.2, 0) is 0 Å². The van der Waals surface area contributed by atoms with E-state index in [1.54, 1.807) is 19.9 Å². The Hall–Kier alpha value is -2.18. The molecule has 0 bridgehead atoms. The van der Waals surface area contributed by atoms with Gasteiger partial charge in [-0.15, -0.1) is 0 Å². The molecule has 10 heteroatoms. The van der Waals surface area contributed by atoms with Crippen LogP contribution in [0.1, 0.15) is 11.1 Å². The molecule has 0 spiro atoms. The summed E-state index contributed by atoms with van der Waals surface area (Å²) in [4.78, 5) is 12.8. The Labute approximate surface area is 99.3 Å². The van der Waals surface area contributed by atoms with Gasteiger partial charge in [-0.05, 0) is 25.5 Å². The molecule has 0 aromatic heterocycles. The van der Waals surface area contributed by atoms with E-state index >= 15 is 0 Å². The molecular formula is C8H8BF4N3O2. The standard InChI is InChI=1S/C8H8N3O2.BF4/c1-5-3-6(2)8(10-9)7(4-5)11(12)13;2-1(3,4)5/h3-4H,1-2H3;/q+1;-1. The van der Waals surface area contributed by atoms with Crippen LogP contribution in [0.4, 0.5) is 28.6 Å². The van der Waals surface area contributed by atoms with Crippen molar-refractivity contribution in [2.24, 2.45) is 0 Å². The summed E-state index contributed by atoms with van der Waals surface area (Å²) in [5.74, 6) is 0. The molecule has 0 saturated carbocycles. The fourth-order valence-corrected chi connectivity index (χ4v) is 1.21. The Morgan fingerprint density at radius 2 is 1.72 bits per heavy atom. The van der Waals surface area contributed by atoms with Crippen molar-refractivity contribution >= 4 is 18.6 Å². The number of hydrogen-bond donors (Lipinski definition) is 0. The Bertz CT molecular complexity index is 492. The number of rotatable bonds is 1. The average molecular weight is 265 g/mol. The normalized spacial score (nSPS) is 10.1. The van der Waals surface area contributed by atoms with Crippen LogP contribution in [0.3, 0.4) is 0 Å². The topological polar surface area (TPSA) is 71.3 Å². The predicted molar refractivity (Wildman–Crippen MR) is 57.5 cm³/mol. The van der Waals surface area contributed by atoms with Crippen LogP contribution in [0.25, 0.3) is 4.98 Å². The van der Waals surface area contributed by atoms with Gasteiger partial charge in [-0.3, -0.25) is 10.1 Å². The van der Waals surface area contributed by atoms with Gasteiger partial charge in [-0.2, -0.15) is 0 Å². The minimum atomic E-state index is -6.00. The number of nitrogens with zero attached hydrogens (tertiary/aromatic N) is 3. The summed E-state index contributed by atoms with van der Waals surface area (Å²) in [5.41, 5.74) is 1.22. The van der Waals surface area contributed by atoms with Crippen LogP contribution in [0.2, 0.25) is 0 Å². The second-order valence-corrected chi connectivity index (χ2v) is 3.30. The SMILES string of the molecule is Cc1cc(C)c([N+]#N)c([N+](=O)[O-])c1.F[B-](F)(F)F. The first-order valence-corrected chi connectivity index (χ1v) is 4.54. The lowest BCUT2D eigenvalue weighted by Crippen LogP contribution is -2.02. The molecule has 0 saturated heterocycles. The summed E-state index contributed by atoms with van der Waals surface area (Å²) in [6.07, 6.45) is 0. The van der Waals surface area contributed by atoms with Gasteiger partial charge in [0.2, 0.25) is 5.39 Å². The smallest absolute Gasteiger partial charge is 0.418 e. The van der Waals surface area contributed by atoms with Gasteiger partial charge >= 0.3 is 18.6 Å². The van der Waals surface area contributed by atoms with Crippen molar-refractivity contribution in [3.05, 3.63) is 38.3 Å². The number of diazo groups is 1. The fourth-order valence-electron chi connectivity index (χ4n) is 1.21. The zero-order chi connectivity index (χ0) is 14.5. The quantitative estimate of drug-likeness (QED) is 0.253. The van der Waals surface area contributed by atoms with Gasteiger partial charge in [0.15, 0.2) is 4.98 Å². The predicted octanol–water partition coefficient (Wildman–Crippen LogP) is 4.00. The highest BCUT2D eigenvalue weighted by atomic mass is 19.5. The number of nitro benzene ring substituents is 1. The first-order chi connectivity index (χ1) is 8.06. The number of halogens is 4. The third kappa shape index (κ3) is 5.79. The molecule has 0 aliphatic heterocycles. The number of nitro groups is 1. The van der Waals surface area contributed by atoms with Gasteiger partial charge in [0.1, 0.15) is 0 Å². The molecule has 0 aliphatic rings. The molecule has 0 radical (unpaired) electrons. The molecule has 0 aliphatic carbocycles. The zero-order valence-corrected chi connectivity index (χ0v) is 9.40. The summed E-state index contributed by atoms with van der Waals surface area (Å²) in [7, 11) is -6.00. The molecule has 0 N–H and O–H groups in total. The van der Waals surface area contributed by atoms with Gasteiger partial charge in [0.05, 0.1) is 10.5 Å². The van der Waals surface area contributed by atoms with E-state index < -0.39 is 12.2 Å². The first-order valence-electron chi connectivity index (χ1n) is 4.54. The monoisotopic (exact) mass is 265 g/mol. The highest BCUT2D eigenvalue weighted by Crippen LogP contribution is 2.31. The molecule has 1 aromatic rings. The average Bonchev–Trinajstić information content (AvgIpc) is 2.13. The lowest BCUT2D eigenvalue weighted by Gasteiger charge is -1.94. The van der Waals surface area contributed by atoms with Crippen molar-refractivity contribution in [3.8, 4) is 0 Å². The Morgan fingerprint density at radius 3 is 2.06 bits per heavy atom. The van der Waals surface area contributed by atoms with Crippen molar-refractivity contribution in [2.75, 3.05) is 0 Å². The molecule has 0 amide bonds. The zero-order valence-electron chi connectivity index (χ0n) is 9.40. The van der Waals surface area contributed by atoms with Crippen molar-refractivity contribution < 1.29 is 22.2 Å². The summed E-state index contributed by atoms with van der Waals surface area (Å²) in [5, 5.41) is 19.1. The first kappa shape index (κ1) is 15.8. The van der Waals surface area contributed by atoms with Crippen LogP contribution in [0, 0.1) is 29.4 Å². The largest absolute Gasteiger partial charge is 0.673 e. The molecule has 18 heavy (non-hydrogen) atoms. The van der Waals surface area contributed by atoms with E-state index in [0.717, 1.165) is 5.56 Å². The highest BCUT2D eigenvalue weighted by Gasteiger charge is 2.27. The van der Waals surface area contributed by atoms with Crippen LogP contribution < -0.4 is 0 Å². The molecule has 98 valence electrons. The van der Waals surface area contributed by atoms with Crippen molar-refractivity contribution in [2.45, 2.75) is 13.8 Å². The highest BCUT2D eigenvalue weighted by molar-refractivity contribution is 6.50. The molecule has 1 aromatic carbocycles. The fraction of sp³-hybridized carbons (Fsp3) is 0.250. The molecule has 0 atom stereocenters. The maximum atomic E-state index is 10.5. The third-order valence-electron chi connectivity index (χ3n) is 1.72. The second-order valence-electron chi connectivity index (χ2n) is 3.30. The maximum Gasteiger partial charge on any atom is 0.673 e. The summed E-state index contributed by atoms with van der Waals surface area (Å²) in [6, 6.07) is 3.10. The third-order valence-corrected chi connectivity index (χ3v) is 1.72. The van der Waals surface area contributed by atoms with E-state index in [9.17, 15) is 27.4 Å². The maximum absolute atomic E-state index is 10.5. The molecule has 0 heterocycles. The van der Waals surface area contributed by atoms with Crippen molar-refractivity contribution in [1.82, 2.24) is 0 Å². The van der Waals surface area contributed by atoms with Crippen LogP contribution in [0.5, 0.6) is 0 Å². The Balaban J connectivity index is 0.000000494. The van der Waals surface area contributed by atoms with Gasteiger partial charge in [-0.1, -0.05) is 0 Å². The Kier molecular flexibility index (Phi) is 5.23. The van der Waals surface area contributed by atoms with E-state index in [1.807, 2.05) is 0 Å². The van der Waals surface area contributed by atoms with E-state index in [-0.39, 0.29) is 11.4 Å². The van der Waals surface area contributed by atoms with E-state index in [2.05, 4.69) is 4.98 Å². The van der Waals surface area contributed by atoms with Crippen LogP contribution >= 0.6 is 0 Å². The molecule has 1 rings (SSSR count). The number of hydrogen-bond acceptors (Lipinski definition) is 3. The number of aryl methyl sites for hydroxylation is 2. The van der Waals surface area contributed by atoms with Crippen molar-refractivity contribution in [1.29, 1.82) is 5.39 Å². The van der Waals surface area contributed by atoms with Gasteiger partial charge in [0.25, 0.3) is 0 Å². The van der Waals surface area contributed by atoms with Crippen molar-refractivity contribution in [3.63, 3.8) is 0 Å². The molecule has 0 unspecified atom stereocenters. The lowest BCUT2D eigenvalue weighted by molar-refractivity contribution is -0.383. The lowest BCUT2D eigenvalue weighted by atomic mass is 10.1. The van der Waals surface area contributed by atoms with E-state index in [0.29, 0.717) is 5.56 Å². The minimum absolute atomic E-state index is 0.0237. The Morgan fingerprint density at radius 1 is 1.28 bits per heavy atom. The summed E-state index contributed by atoms with van der Waals surface area (Å²) >= 11 is 0. The summed E-state index contributed by atoms with van der Waals surface area (Å²) < 4.78 is 39.0. The molecular weight excluding hydrogens is 257 g/mol. The molecule has 5 nitrogen and oxygen atoms in total. The van der Waals surface area contributed by atoms with E-state index in [1.165, 1.54) is 6.07 Å². The van der Waals surface area contributed by atoms with Gasteiger partial charge in [0, 0.05) is 6.07 Å². The van der Waals surface area contributed by atoms with Crippen LogP contribution in [-0.4, -0.2) is 12.2 Å².